The van der Waals surface area contributed by atoms with Crippen LogP contribution in [0.5, 0.6) is 0 Å². The van der Waals surface area contributed by atoms with Crippen molar-refractivity contribution in [2.24, 2.45) is 5.92 Å². The molecule has 1 aromatic heterocycles. The number of aliphatic hydroxyl groups excluding tert-OH is 1. The van der Waals surface area contributed by atoms with Crippen LogP contribution in [-0.2, 0) is 6.54 Å². The quantitative estimate of drug-likeness (QED) is 0.851. The summed E-state index contributed by atoms with van der Waals surface area (Å²) in [7, 11) is 0. The van der Waals surface area contributed by atoms with Crippen molar-refractivity contribution < 1.29 is 5.11 Å². The Bertz CT molecular complexity index is 326. The average molecular weight is 226 g/mol. The molecule has 2 atom stereocenters. The molecule has 1 saturated heterocycles. The Labute approximate surface area is 94.8 Å². The molecule has 1 aliphatic heterocycles. The van der Waals surface area contributed by atoms with E-state index in [1.807, 2.05) is 6.92 Å². The zero-order valence-electron chi connectivity index (χ0n) is 9.31. The highest BCUT2D eigenvalue weighted by atomic mass is 32.1. The van der Waals surface area contributed by atoms with Gasteiger partial charge in [-0.3, -0.25) is 4.90 Å². The van der Waals surface area contributed by atoms with Crippen molar-refractivity contribution in [3.63, 3.8) is 0 Å². The van der Waals surface area contributed by atoms with Gasteiger partial charge >= 0.3 is 0 Å². The lowest BCUT2D eigenvalue weighted by atomic mass is 10.0. The standard InChI is InChI=1S/C11H18N2OS/c1-8-3-4-13(11(8)6-14)5-10-7-15-9(2)12-10/h7-8,11,14H,3-6H2,1-2H3. The van der Waals surface area contributed by atoms with Gasteiger partial charge < -0.3 is 5.11 Å². The summed E-state index contributed by atoms with van der Waals surface area (Å²) in [5.74, 6) is 0.606. The first-order chi connectivity index (χ1) is 7.20. The lowest BCUT2D eigenvalue weighted by molar-refractivity contribution is 0.133. The highest BCUT2D eigenvalue weighted by molar-refractivity contribution is 7.09. The zero-order valence-corrected chi connectivity index (χ0v) is 10.1. The van der Waals surface area contributed by atoms with Crippen molar-refractivity contribution in [1.29, 1.82) is 0 Å². The minimum absolute atomic E-state index is 0.268. The molecule has 0 bridgehead atoms. The number of thiazole rings is 1. The summed E-state index contributed by atoms with van der Waals surface area (Å²) >= 11 is 1.70. The lowest BCUT2D eigenvalue weighted by Gasteiger charge is -2.23. The Kier molecular flexibility index (Phi) is 3.38. The summed E-state index contributed by atoms with van der Waals surface area (Å²) in [5, 5.41) is 12.6. The van der Waals surface area contributed by atoms with Crippen molar-refractivity contribution in [2.75, 3.05) is 13.2 Å². The van der Waals surface area contributed by atoms with Crippen LogP contribution in [0.2, 0.25) is 0 Å². The van der Waals surface area contributed by atoms with E-state index in [-0.39, 0.29) is 6.61 Å². The van der Waals surface area contributed by atoms with Gasteiger partial charge in [0.25, 0.3) is 0 Å². The first-order valence-electron chi connectivity index (χ1n) is 5.46. The molecule has 4 heteroatoms. The van der Waals surface area contributed by atoms with E-state index in [1.54, 1.807) is 11.3 Å². The maximum Gasteiger partial charge on any atom is 0.0897 e. The fraction of sp³-hybridized carbons (Fsp3) is 0.727. The summed E-state index contributed by atoms with van der Waals surface area (Å²) < 4.78 is 0. The number of nitrogens with zero attached hydrogens (tertiary/aromatic N) is 2. The fourth-order valence-electron chi connectivity index (χ4n) is 2.27. The molecule has 3 nitrogen and oxygen atoms in total. The van der Waals surface area contributed by atoms with E-state index in [2.05, 4.69) is 22.2 Å². The number of aromatic nitrogens is 1. The SMILES string of the molecule is Cc1nc(CN2CCC(C)C2CO)cs1. The molecule has 0 spiro atoms. The normalized spacial score (nSPS) is 27.4. The van der Waals surface area contributed by atoms with Crippen molar-refractivity contribution >= 4 is 11.3 Å². The summed E-state index contributed by atoms with van der Waals surface area (Å²) in [5.41, 5.74) is 1.14. The second-order valence-electron chi connectivity index (χ2n) is 4.34. The van der Waals surface area contributed by atoms with Crippen LogP contribution in [0.3, 0.4) is 0 Å². The number of hydrogen-bond donors (Lipinski definition) is 1. The van der Waals surface area contributed by atoms with Gasteiger partial charge in [0, 0.05) is 18.0 Å². The molecule has 0 saturated carbocycles. The van der Waals surface area contributed by atoms with E-state index in [9.17, 15) is 5.11 Å². The minimum Gasteiger partial charge on any atom is -0.395 e. The number of rotatable bonds is 3. The maximum absolute atomic E-state index is 9.33. The molecule has 1 fully saturated rings. The van der Waals surface area contributed by atoms with Crippen LogP contribution < -0.4 is 0 Å². The fourth-order valence-corrected chi connectivity index (χ4v) is 2.87. The monoisotopic (exact) mass is 226 g/mol. The number of aliphatic hydroxyl groups is 1. The van der Waals surface area contributed by atoms with Crippen molar-refractivity contribution in [3.8, 4) is 0 Å². The van der Waals surface area contributed by atoms with E-state index in [1.165, 1.54) is 6.42 Å². The predicted molar refractivity (Wildman–Crippen MR) is 61.9 cm³/mol. The van der Waals surface area contributed by atoms with Gasteiger partial charge in [-0.1, -0.05) is 6.92 Å². The van der Waals surface area contributed by atoms with Crippen LogP contribution in [0.4, 0.5) is 0 Å². The lowest BCUT2D eigenvalue weighted by Crippen LogP contribution is -2.34. The Morgan fingerprint density at radius 3 is 3.07 bits per heavy atom. The third-order valence-corrected chi connectivity index (χ3v) is 4.04. The smallest absolute Gasteiger partial charge is 0.0897 e. The van der Waals surface area contributed by atoms with Gasteiger partial charge in [-0.2, -0.15) is 0 Å². The Hall–Kier alpha value is -0.450. The molecule has 1 N–H and O–H groups in total. The Morgan fingerprint density at radius 2 is 2.47 bits per heavy atom. The largest absolute Gasteiger partial charge is 0.395 e. The van der Waals surface area contributed by atoms with E-state index in [4.69, 9.17) is 0 Å². The topological polar surface area (TPSA) is 36.4 Å². The molecular weight excluding hydrogens is 208 g/mol. The summed E-state index contributed by atoms with van der Waals surface area (Å²) in [6.45, 7) is 6.49. The summed E-state index contributed by atoms with van der Waals surface area (Å²) in [6.07, 6.45) is 1.19. The van der Waals surface area contributed by atoms with Gasteiger partial charge in [0.05, 0.1) is 17.3 Å². The van der Waals surface area contributed by atoms with Gasteiger partial charge in [-0.25, -0.2) is 4.98 Å². The van der Waals surface area contributed by atoms with E-state index in [0.29, 0.717) is 12.0 Å². The summed E-state index contributed by atoms with van der Waals surface area (Å²) in [6, 6.07) is 0.326. The number of likely N-dealkylation sites (tertiary alicyclic amines) is 1. The van der Waals surface area contributed by atoms with Crippen LogP contribution in [0.1, 0.15) is 24.0 Å². The molecule has 15 heavy (non-hydrogen) atoms. The van der Waals surface area contributed by atoms with Crippen LogP contribution >= 0.6 is 11.3 Å². The van der Waals surface area contributed by atoms with Gasteiger partial charge in [0.1, 0.15) is 0 Å². The molecule has 2 unspecified atom stereocenters. The molecule has 0 radical (unpaired) electrons. The molecule has 0 aliphatic carbocycles. The number of hydrogen-bond acceptors (Lipinski definition) is 4. The first-order valence-corrected chi connectivity index (χ1v) is 6.34. The molecule has 2 heterocycles. The minimum atomic E-state index is 0.268. The highest BCUT2D eigenvalue weighted by Crippen LogP contribution is 2.25. The van der Waals surface area contributed by atoms with Crippen molar-refractivity contribution in [1.82, 2.24) is 9.88 Å². The predicted octanol–water partition coefficient (Wildman–Crippen LogP) is 1.65. The third kappa shape index (κ3) is 2.38. The second kappa shape index (κ2) is 4.60. The first kappa shape index (κ1) is 11.0. The Balaban J connectivity index is 2.00. The van der Waals surface area contributed by atoms with Crippen molar-refractivity contribution in [3.05, 3.63) is 16.1 Å². The van der Waals surface area contributed by atoms with Crippen LogP contribution in [-0.4, -0.2) is 34.2 Å². The zero-order chi connectivity index (χ0) is 10.8. The van der Waals surface area contributed by atoms with Crippen LogP contribution in [0.15, 0.2) is 5.38 Å². The third-order valence-electron chi connectivity index (χ3n) is 3.22. The molecule has 2 rings (SSSR count). The van der Waals surface area contributed by atoms with Gasteiger partial charge in [0.2, 0.25) is 0 Å². The molecule has 1 aliphatic rings. The van der Waals surface area contributed by atoms with Crippen LogP contribution in [0, 0.1) is 12.8 Å². The van der Waals surface area contributed by atoms with Crippen molar-refractivity contribution in [2.45, 2.75) is 32.9 Å². The van der Waals surface area contributed by atoms with E-state index < -0.39 is 0 Å². The molecule has 0 amide bonds. The molecule has 84 valence electrons. The number of aryl methyl sites for hydroxylation is 1. The molecular formula is C11H18N2OS. The maximum atomic E-state index is 9.33. The van der Waals surface area contributed by atoms with E-state index >= 15 is 0 Å². The Morgan fingerprint density at radius 1 is 1.67 bits per heavy atom. The van der Waals surface area contributed by atoms with Gasteiger partial charge in [-0.15, -0.1) is 11.3 Å². The summed E-state index contributed by atoms with van der Waals surface area (Å²) in [4.78, 5) is 6.81. The molecule has 0 aromatic carbocycles. The van der Waals surface area contributed by atoms with Gasteiger partial charge in [0.15, 0.2) is 0 Å². The van der Waals surface area contributed by atoms with Gasteiger partial charge in [-0.05, 0) is 25.8 Å². The average Bonchev–Trinajstić information content (AvgIpc) is 2.75. The highest BCUT2D eigenvalue weighted by Gasteiger charge is 2.30. The van der Waals surface area contributed by atoms with Crippen LogP contribution in [0.25, 0.3) is 0 Å². The molecule has 1 aromatic rings. The van der Waals surface area contributed by atoms with E-state index in [0.717, 1.165) is 23.8 Å². The second-order valence-corrected chi connectivity index (χ2v) is 5.41.